The van der Waals surface area contributed by atoms with Gasteiger partial charge in [-0.2, -0.15) is 0 Å². The first-order valence-corrected chi connectivity index (χ1v) is 11.0. The predicted octanol–water partition coefficient (Wildman–Crippen LogP) is 7.08. The summed E-state index contributed by atoms with van der Waals surface area (Å²) in [7, 11) is 0. The number of fused-ring (bicyclic) bond motifs is 2. The third kappa shape index (κ3) is 2.90. The number of benzene rings is 3. The van der Waals surface area contributed by atoms with Crippen molar-refractivity contribution in [1.29, 1.82) is 0 Å². The van der Waals surface area contributed by atoms with Crippen molar-refractivity contribution in [1.82, 2.24) is 4.98 Å². The van der Waals surface area contributed by atoms with Crippen LogP contribution in [-0.2, 0) is 0 Å². The van der Waals surface area contributed by atoms with Crippen molar-refractivity contribution in [2.45, 2.75) is 12.8 Å². The fourth-order valence-electron chi connectivity index (χ4n) is 4.88. The lowest BCUT2D eigenvalue weighted by Gasteiger charge is -2.12. The first-order valence-electron chi connectivity index (χ1n) is 11.0. The Bertz CT molecular complexity index is 1470. The van der Waals surface area contributed by atoms with E-state index in [4.69, 9.17) is 9.72 Å². The van der Waals surface area contributed by atoms with Crippen LogP contribution in [-0.4, -0.2) is 10.8 Å². The van der Waals surface area contributed by atoms with Gasteiger partial charge >= 0.3 is 0 Å². The van der Waals surface area contributed by atoms with E-state index in [-0.39, 0.29) is 11.7 Å². The first-order chi connectivity index (χ1) is 16.1. The van der Waals surface area contributed by atoms with Crippen molar-refractivity contribution in [2.24, 2.45) is 0 Å². The number of carbonyl (C=O) groups is 1. The third-order valence-corrected chi connectivity index (χ3v) is 6.57. The number of ketones is 1. The standard InChI is InChI=1S/C30H21NO2/c1-18-19(2)25(23-16-10-9-15-22(18)23)30-29(32)27-24(33-30)17-31-28(21-13-7-4-8-14-21)26(27)20-11-5-3-6-12-20/h3-18H,2H2,1H3/b30-25+. The highest BCUT2D eigenvalue weighted by Crippen LogP contribution is 2.50. The van der Waals surface area contributed by atoms with Crippen LogP contribution in [0.15, 0.2) is 109 Å². The largest absolute Gasteiger partial charge is 0.450 e. The van der Waals surface area contributed by atoms with Gasteiger partial charge in [0.15, 0.2) is 11.5 Å². The summed E-state index contributed by atoms with van der Waals surface area (Å²) in [6, 6.07) is 28.0. The lowest BCUT2D eigenvalue weighted by molar-refractivity contribution is 0.101. The van der Waals surface area contributed by atoms with Gasteiger partial charge in [0.05, 0.1) is 17.5 Å². The highest BCUT2D eigenvalue weighted by Gasteiger charge is 2.39. The molecule has 4 aromatic rings. The van der Waals surface area contributed by atoms with Gasteiger partial charge in [-0.15, -0.1) is 0 Å². The molecule has 0 amide bonds. The Morgan fingerprint density at radius 3 is 2.18 bits per heavy atom. The summed E-state index contributed by atoms with van der Waals surface area (Å²) in [5, 5.41) is 0. The Morgan fingerprint density at radius 1 is 0.818 bits per heavy atom. The predicted molar refractivity (Wildman–Crippen MR) is 131 cm³/mol. The van der Waals surface area contributed by atoms with E-state index < -0.39 is 0 Å². The molecule has 0 fully saturated rings. The summed E-state index contributed by atoms with van der Waals surface area (Å²) in [6.07, 6.45) is 1.67. The molecule has 2 heterocycles. The summed E-state index contributed by atoms with van der Waals surface area (Å²) in [5.41, 5.74) is 7.91. The first kappa shape index (κ1) is 19.4. The number of rotatable bonds is 2. The van der Waals surface area contributed by atoms with Crippen LogP contribution in [0.4, 0.5) is 0 Å². The van der Waals surface area contributed by atoms with Gasteiger partial charge in [-0.25, -0.2) is 0 Å². The maximum atomic E-state index is 14.0. The number of hydrogen-bond donors (Lipinski definition) is 0. The monoisotopic (exact) mass is 427 g/mol. The van der Waals surface area contributed by atoms with Gasteiger partial charge in [-0.1, -0.05) is 98.4 Å². The topological polar surface area (TPSA) is 39.2 Å². The van der Waals surface area contributed by atoms with Crippen LogP contribution in [0.1, 0.15) is 34.3 Å². The van der Waals surface area contributed by atoms with E-state index in [1.165, 1.54) is 5.56 Å². The zero-order valence-corrected chi connectivity index (χ0v) is 18.2. The summed E-state index contributed by atoms with van der Waals surface area (Å²) in [6.45, 7) is 6.43. The Balaban J connectivity index is 1.61. The lowest BCUT2D eigenvalue weighted by Crippen LogP contribution is -2.04. The molecule has 158 valence electrons. The van der Waals surface area contributed by atoms with Crippen LogP contribution in [0.2, 0.25) is 0 Å². The molecule has 0 N–H and O–H groups in total. The van der Waals surface area contributed by atoms with Crippen LogP contribution in [0.5, 0.6) is 5.75 Å². The molecule has 33 heavy (non-hydrogen) atoms. The van der Waals surface area contributed by atoms with Gasteiger partial charge in [-0.05, 0) is 22.3 Å². The van der Waals surface area contributed by atoms with Crippen molar-refractivity contribution in [3.05, 3.63) is 126 Å². The fraction of sp³-hybridized carbons (Fsp3) is 0.0667. The molecule has 0 saturated carbocycles. The maximum Gasteiger partial charge on any atom is 0.233 e. The van der Waals surface area contributed by atoms with E-state index in [0.29, 0.717) is 17.1 Å². The quantitative estimate of drug-likeness (QED) is 0.321. The number of nitrogens with zero attached hydrogens (tertiary/aromatic N) is 1. The van der Waals surface area contributed by atoms with Crippen LogP contribution < -0.4 is 4.74 Å². The van der Waals surface area contributed by atoms with Gasteiger partial charge in [0.2, 0.25) is 5.78 Å². The number of hydrogen-bond acceptors (Lipinski definition) is 3. The Morgan fingerprint density at radius 2 is 1.45 bits per heavy atom. The molecule has 3 heteroatoms. The second kappa shape index (κ2) is 7.42. The second-order valence-corrected chi connectivity index (χ2v) is 8.42. The third-order valence-electron chi connectivity index (χ3n) is 6.57. The minimum atomic E-state index is -0.122. The molecule has 3 aromatic carbocycles. The van der Waals surface area contributed by atoms with Gasteiger partial charge in [0, 0.05) is 22.6 Å². The van der Waals surface area contributed by atoms with E-state index in [1.54, 1.807) is 6.20 Å². The number of Topliss-reactive ketones (excluding diaryl/α,β-unsaturated/α-hetero) is 1. The van der Waals surface area contributed by atoms with E-state index in [2.05, 4.69) is 19.6 Å². The molecular formula is C30H21NO2. The molecule has 3 nitrogen and oxygen atoms in total. The van der Waals surface area contributed by atoms with E-state index in [1.807, 2.05) is 78.9 Å². The van der Waals surface area contributed by atoms with Crippen molar-refractivity contribution in [3.8, 4) is 28.1 Å². The molecule has 6 rings (SSSR count). The molecule has 0 spiro atoms. The zero-order chi connectivity index (χ0) is 22.5. The number of pyridine rings is 1. The Kier molecular flexibility index (Phi) is 4.37. The zero-order valence-electron chi connectivity index (χ0n) is 18.2. The van der Waals surface area contributed by atoms with Crippen LogP contribution >= 0.6 is 0 Å². The van der Waals surface area contributed by atoms with E-state index >= 15 is 0 Å². The highest BCUT2D eigenvalue weighted by molar-refractivity contribution is 6.22. The van der Waals surface area contributed by atoms with Crippen molar-refractivity contribution in [3.63, 3.8) is 0 Å². The molecule has 2 aliphatic rings. The van der Waals surface area contributed by atoms with Crippen molar-refractivity contribution < 1.29 is 9.53 Å². The van der Waals surface area contributed by atoms with Gasteiger partial charge < -0.3 is 4.74 Å². The molecule has 1 aliphatic carbocycles. The van der Waals surface area contributed by atoms with Crippen LogP contribution in [0.3, 0.4) is 0 Å². The molecule has 0 bridgehead atoms. The number of ether oxygens (including phenoxy) is 1. The van der Waals surface area contributed by atoms with Crippen LogP contribution in [0.25, 0.3) is 28.0 Å². The molecule has 0 saturated heterocycles. The molecule has 0 radical (unpaired) electrons. The number of allylic oxidation sites excluding steroid dienone is 3. The normalized spacial score (nSPS) is 18.8. The van der Waals surface area contributed by atoms with Gasteiger partial charge in [0.25, 0.3) is 0 Å². The number of aromatic nitrogens is 1. The Labute approximate surface area is 192 Å². The summed E-state index contributed by atoms with van der Waals surface area (Å²) in [5.74, 6) is 0.848. The molecular weight excluding hydrogens is 406 g/mol. The molecule has 1 atom stereocenters. The minimum Gasteiger partial charge on any atom is -0.450 e. The average Bonchev–Trinajstić information content (AvgIpc) is 3.33. The minimum absolute atomic E-state index is 0.122. The number of carbonyl (C=O) groups excluding carboxylic acids is 1. The summed E-state index contributed by atoms with van der Waals surface area (Å²) < 4.78 is 6.24. The smallest absolute Gasteiger partial charge is 0.233 e. The van der Waals surface area contributed by atoms with E-state index in [9.17, 15) is 4.79 Å². The average molecular weight is 428 g/mol. The molecule has 1 aliphatic heterocycles. The Hall–Kier alpha value is -4.24. The highest BCUT2D eigenvalue weighted by atomic mass is 16.5. The molecule has 1 unspecified atom stereocenters. The van der Waals surface area contributed by atoms with Gasteiger partial charge in [-0.3, -0.25) is 9.78 Å². The lowest BCUT2D eigenvalue weighted by atomic mass is 9.91. The molecule has 1 aromatic heterocycles. The van der Waals surface area contributed by atoms with E-state index in [0.717, 1.165) is 39.1 Å². The van der Waals surface area contributed by atoms with Gasteiger partial charge in [0.1, 0.15) is 0 Å². The summed E-state index contributed by atoms with van der Waals surface area (Å²) in [4.78, 5) is 18.7. The second-order valence-electron chi connectivity index (χ2n) is 8.42. The van der Waals surface area contributed by atoms with Crippen LogP contribution in [0, 0.1) is 0 Å². The fourth-order valence-corrected chi connectivity index (χ4v) is 4.88. The van der Waals surface area contributed by atoms with Crippen molar-refractivity contribution in [2.75, 3.05) is 0 Å². The van der Waals surface area contributed by atoms with Crippen molar-refractivity contribution >= 4 is 11.4 Å². The maximum absolute atomic E-state index is 14.0. The SMILES string of the molecule is C=C1/C(=C2\Oc3cnc(-c4ccccc4)c(-c4ccccc4)c3C2=O)c2ccccc2C1C. The summed E-state index contributed by atoms with van der Waals surface area (Å²) >= 11 is 0.